The molecule has 0 bridgehead atoms. The molecular formula is C19H28N2O5. The van der Waals surface area contributed by atoms with E-state index in [0.29, 0.717) is 5.69 Å². The molecule has 0 saturated carbocycles. The number of carbonyl (C=O) groups excluding carboxylic acids is 3. The molecule has 0 radical (unpaired) electrons. The van der Waals surface area contributed by atoms with Crippen molar-refractivity contribution >= 4 is 23.7 Å². The van der Waals surface area contributed by atoms with Crippen LogP contribution >= 0.6 is 0 Å². The van der Waals surface area contributed by atoms with Crippen LogP contribution in [0.3, 0.4) is 0 Å². The molecule has 26 heavy (non-hydrogen) atoms. The lowest BCUT2D eigenvalue weighted by atomic mass is 10.1. The topological polar surface area (TPSA) is 93.7 Å². The second-order valence-corrected chi connectivity index (χ2v) is 7.38. The normalized spacial score (nSPS) is 12.3. The summed E-state index contributed by atoms with van der Waals surface area (Å²) in [5.74, 6) is -0.724. The molecule has 0 heterocycles. The summed E-state index contributed by atoms with van der Waals surface area (Å²) in [6.07, 6.45) is -0.620. The Bertz CT molecular complexity index is 650. The summed E-state index contributed by atoms with van der Waals surface area (Å²) < 4.78 is 10.2. The molecule has 0 aromatic heterocycles. The fourth-order valence-electron chi connectivity index (χ4n) is 1.82. The van der Waals surface area contributed by atoms with E-state index >= 15 is 0 Å². The van der Waals surface area contributed by atoms with E-state index in [0.717, 1.165) is 0 Å². The summed E-state index contributed by atoms with van der Waals surface area (Å²) >= 11 is 0. The highest BCUT2D eigenvalue weighted by Gasteiger charge is 2.17. The van der Waals surface area contributed by atoms with Crippen molar-refractivity contribution in [3.05, 3.63) is 29.8 Å². The molecule has 0 aliphatic heterocycles. The summed E-state index contributed by atoms with van der Waals surface area (Å²) in [5.41, 5.74) is -0.00367. The van der Waals surface area contributed by atoms with Crippen molar-refractivity contribution < 1.29 is 23.9 Å². The fourth-order valence-corrected chi connectivity index (χ4v) is 1.82. The van der Waals surface area contributed by atoms with Gasteiger partial charge in [-0.15, -0.1) is 0 Å². The lowest BCUT2D eigenvalue weighted by Gasteiger charge is -2.19. The van der Waals surface area contributed by atoms with Gasteiger partial charge in [-0.05, 0) is 51.8 Å². The van der Waals surface area contributed by atoms with Gasteiger partial charge in [0.25, 0.3) is 5.91 Å². The molecule has 1 unspecified atom stereocenters. The highest BCUT2D eigenvalue weighted by atomic mass is 16.6. The van der Waals surface area contributed by atoms with E-state index in [1.165, 1.54) is 12.1 Å². The fraction of sp³-hybridized carbons (Fsp3) is 0.526. The number of hydrogen-bond acceptors (Lipinski definition) is 5. The van der Waals surface area contributed by atoms with Gasteiger partial charge < -0.3 is 14.8 Å². The Kier molecular flexibility index (Phi) is 7.61. The maximum absolute atomic E-state index is 12.1. The minimum Gasteiger partial charge on any atom is -0.452 e. The minimum absolute atomic E-state index is 0.0115. The first-order valence-corrected chi connectivity index (χ1v) is 8.54. The first kappa shape index (κ1) is 21.5. The first-order valence-electron chi connectivity index (χ1n) is 8.54. The quantitative estimate of drug-likeness (QED) is 0.755. The Balaban J connectivity index is 2.60. The van der Waals surface area contributed by atoms with Crippen LogP contribution in [0.5, 0.6) is 0 Å². The number of ether oxygens (including phenoxy) is 2. The molecule has 2 amide bonds. The minimum atomic E-state index is -0.648. The molecule has 7 heteroatoms. The maximum atomic E-state index is 12.1. The summed E-state index contributed by atoms with van der Waals surface area (Å²) in [6, 6.07) is 6.21. The molecule has 1 rings (SSSR count). The van der Waals surface area contributed by atoms with Gasteiger partial charge in [0.15, 0.2) is 6.61 Å². The molecule has 0 fully saturated rings. The van der Waals surface area contributed by atoms with Gasteiger partial charge in [-0.25, -0.2) is 9.59 Å². The largest absolute Gasteiger partial charge is 0.452 e. The van der Waals surface area contributed by atoms with Gasteiger partial charge in [-0.2, -0.15) is 0 Å². The molecule has 0 aliphatic rings. The number of carbonyl (C=O) groups is 3. The highest BCUT2D eigenvalue weighted by molar-refractivity contribution is 5.93. The summed E-state index contributed by atoms with van der Waals surface area (Å²) in [5, 5.41) is 5.30. The standard InChI is InChI=1S/C19H28N2O5/c1-12(2)13(3)20-16(22)11-25-17(23)14-8-7-9-15(10-14)21-18(24)26-19(4,5)6/h7-10,12-13H,11H2,1-6H3,(H,20,22)(H,21,24). The van der Waals surface area contributed by atoms with Crippen LogP contribution in [-0.2, 0) is 14.3 Å². The zero-order chi connectivity index (χ0) is 19.9. The lowest BCUT2D eigenvalue weighted by Crippen LogP contribution is -2.38. The third kappa shape index (κ3) is 8.00. The second-order valence-electron chi connectivity index (χ2n) is 7.38. The first-order chi connectivity index (χ1) is 12.0. The molecule has 0 saturated heterocycles. The van der Waals surface area contributed by atoms with Gasteiger partial charge >= 0.3 is 12.1 Å². The van der Waals surface area contributed by atoms with Gasteiger partial charge in [0.1, 0.15) is 5.60 Å². The molecule has 0 spiro atoms. The number of benzene rings is 1. The van der Waals surface area contributed by atoms with Crippen molar-refractivity contribution in [3.63, 3.8) is 0 Å². The zero-order valence-electron chi connectivity index (χ0n) is 16.2. The smallest absolute Gasteiger partial charge is 0.412 e. The maximum Gasteiger partial charge on any atom is 0.412 e. The Morgan fingerprint density at radius 2 is 1.77 bits per heavy atom. The predicted octanol–water partition coefficient (Wildman–Crippen LogP) is 3.35. The number of hydrogen-bond donors (Lipinski definition) is 2. The average molecular weight is 364 g/mol. The van der Waals surface area contributed by atoms with Crippen LogP contribution in [0.15, 0.2) is 24.3 Å². The van der Waals surface area contributed by atoms with E-state index in [2.05, 4.69) is 10.6 Å². The van der Waals surface area contributed by atoms with Crippen molar-refractivity contribution in [1.82, 2.24) is 5.32 Å². The molecule has 2 N–H and O–H groups in total. The van der Waals surface area contributed by atoms with E-state index in [1.54, 1.807) is 32.9 Å². The van der Waals surface area contributed by atoms with Crippen LogP contribution in [0.4, 0.5) is 10.5 Å². The summed E-state index contributed by atoms with van der Waals surface area (Å²) in [7, 11) is 0. The monoisotopic (exact) mass is 364 g/mol. The Labute approximate surface area is 154 Å². The van der Waals surface area contributed by atoms with Crippen molar-refractivity contribution in [2.45, 2.75) is 53.2 Å². The van der Waals surface area contributed by atoms with Crippen LogP contribution in [0.25, 0.3) is 0 Å². The van der Waals surface area contributed by atoms with Crippen molar-refractivity contribution in [2.75, 3.05) is 11.9 Å². The average Bonchev–Trinajstić information content (AvgIpc) is 2.50. The molecule has 1 atom stereocenters. The number of nitrogens with one attached hydrogen (secondary N) is 2. The highest BCUT2D eigenvalue weighted by Crippen LogP contribution is 2.14. The summed E-state index contributed by atoms with van der Waals surface area (Å²) in [6.45, 7) is 10.8. The Hall–Kier alpha value is -2.57. The van der Waals surface area contributed by atoms with E-state index in [9.17, 15) is 14.4 Å². The van der Waals surface area contributed by atoms with Crippen LogP contribution in [0, 0.1) is 5.92 Å². The number of anilines is 1. The lowest BCUT2D eigenvalue weighted by molar-refractivity contribution is -0.125. The van der Waals surface area contributed by atoms with E-state index in [-0.39, 0.29) is 30.0 Å². The molecule has 144 valence electrons. The van der Waals surface area contributed by atoms with Crippen LogP contribution in [-0.4, -0.2) is 36.2 Å². The van der Waals surface area contributed by atoms with Crippen molar-refractivity contribution in [1.29, 1.82) is 0 Å². The molecule has 1 aromatic rings. The molecule has 0 aliphatic carbocycles. The van der Waals surface area contributed by atoms with Crippen LogP contribution in [0.1, 0.15) is 51.9 Å². The Morgan fingerprint density at radius 3 is 2.35 bits per heavy atom. The zero-order valence-corrected chi connectivity index (χ0v) is 16.2. The number of esters is 1. The number of rotatable bonds is 6. The third-order valence-corrected chi connectivity index (χ3v) is 3.47. The van der Waals surface area contributed by atoms with Gasteiger partial charge in [0.2, 0.25) is 0 Å². The van der Waals surface area contributed by atoms with Gasteiger partial charge in [-0.1, -0.05) is 19.9 Å². The number of amides is 2. The molecule has 1 aromatic carbocycles. The molecular weight excluding hydrogens is 336 g/mol. The van der Waals surface area contributed by atoms with E-state index in [4.69, 9.17) is 9.47 Å². The van der Waals surface area contributed by atoms with Gasteiger partial charge in [-0.3, -0.25) is 10.1 Å². The summed E-state index contributed by atoms with van der Waals surface area (Å²) in [4.78, 5) is 35.6. The predicted molar refractivity (Wildman–Crippen MR) is 99.0 cm³/mol. The SMILES string of the molecule is CC(C)C(C)NC(=O)COC(=O)c1cccc(NC(=O)OC(C)(C)C)c1. The van der Waals surface area contributed by atoms with Gasteiger partial charge in [0.05, 0.1) is 5.56 Å². The van der Waals surface area contributed by atoms with Crippen molar-refractivity contribution in [3.8, 4) is 0 Å². The van der Waals surface area contributed by atoms with E-state index in [1.807, 2.05) is 20.8 Å². The third-order valence-electron chi connectivity index (χ3n) is 3.47. The van der Waals surface area contributed by atoms with Crippen molar-refractivity contribution in [2.24, 2.45) is 5.92 Å². The van der Waals surface area contributed by atoms with Crippen LogP contribution in [0.2, 0.25) is 0 Å². The van der Waals surface area contributed by atoms with E-state index < -0.39 is 17.7 Å². The molecule has 7 nitrogen and oxygen atoms in total. The van der Waals surface area contributed by atoms with Crippen LogP contribution < -0.4 is 10.6 Å². The Morgan fingerprint density at radius 1 is 1.12 bits per heavy atom. The van der Waals surface area contributed by atoms with Gasteiger partial charge in [0, 0.05) is 11.7 Å². The second kappa shape index (κ2) is 9.22.